The van der Waals surface area contributed by atoms with Crippen LogP contribution in [0.1, 0.15) is 66.7 Å². The number of unbranched alkanes of at least 4 members (excludes halogenated alkanes) is 2. The molecule has 5 nitrogen and oxygen atoms in total. The van der Waals surface area contributed by atoms with E-state index in [4.69, 9.17) is 9.47 Å². The smallest absolute Gasteiger partial charge is 0.311 e. The lowest BCUT2D eigenvalue weighted by Crippen LogP contribution is -2.33. The molecular weight excluding hydrogens is 284 g/mol. The molecule has 0 amide bonds. The van der Waals surface area contributed by atoms with Crippen molar-refractivity contribution in [3.63, 3.8) is 0 Å². The van der Waals surface area contributed by atoms with Gasteiger partial charge in [0.2, 0.25) is 0 Å². The van der Waals surface area contributed by atoms with Gasteiger partial charge in [0.1, 0.15) is 0 Å². The summed E-state index contributed by atoms with van der Waals surface area (Å²) in [7, 11) is 1.36. The van der Waals surface area contributed by atoms with Gasteiger partial charge >= 0.3 is 11.9 Å². The van der Waals surface area contributed by atoms with Gasteiger partial charge in [-0.25, -0.2) is 0 Å². The second-order valence-corrected chi connectivity index (χ2v) is 6.84. The number of carbonyl (C=O) groups excluding carboxylic acids is 2. The van der Waals surface area contributed by atoms with Crippen molar-refractivity contribution < 1.29 is 23.8 Å². The Morgan fingerprint density at radius 2 is 1.64 bits per heavy atom. The van der Waals surface area contributed by atoms with Gasteiger partial charge in [-0.2, -0.15) is 0 Å². The third kappa shape index (κ3) is 9.03. The van der Waals surface area contributed by atoms with Gasteiger partial charge in [-0.15, -0.1) is 0 Å². The van der Waals surface area contributed by atoms with Crippen molar-refractivity contribution >= 4 is 11.9 Å². The quantitative estimate of drug-likeness (QED) is 0.431. The summed E-state index contributed by atoms with van der Waals surface area (Å²) in [5.74, 6) is -0.502. The number of ether oxygens (including phenoxy) is 3. The van der Waals surface area contributed by atoms with Gasteiger partial charge in [-0.05, 0) is 40.5 Å². The molecule has 22 heavy (non-hydrogen) atoms. The predicted molar refractivity (Wildman–Crippen MR) is 85.5 cm³/mol. The van der Waals surface area contributed by atoms with E-state index in [1.807, 2.05) is 27.7 Å². The number of esters is 2. The summed E-state index contributed by atoms with van der Waals surface area (Å²) in [6, 6.07) is 0. The summed E-state index contributed by atoms with van der Waals surface area (Å²) in [5.41, 5.74) is -1.19. The van der Waals surface area contributed by atoms with Crippen LogP contribution in [0, 0.1) is 5.41 Å². The van der Waals surface area contributed by atoms with Crippen LogP contribution in [0.3, 0.4) is 0 Å². The number of rotatable bonds is 11. The van der Waals surface area contributed by atoms with Gasteiger partial charge in [0.15, 0.2) is 0 Å². The molecule has 0 fully saturated rings. The van der Waals surface area contributed by atoms with Crippen molar-refractivity contribution in [1.82, 2.24) is 0 Å². The van der Waals surface area contributed by atoms with E-state index < -0.39 is 11.0 Å². The van der Waals surface area contributed by atoms with E-state index in [-0.39, 0.29) is 18.4 Å². The first kappa shape index (κ1) is 20.9. The zero-order valence-electron chi connectivity index (χ0n) is 15.0. The Morgan fingerprint density at radius 3 is 2.18 bits per heavy atom. The molecule has 0 rings (SSSR count). The largest absolute Gasteiger partial charge is 0.469 e. The van der Waals surface area contributed by atoms with Crippen molar-refractivity contribution in [2.24, 2.45) is 5.41 Å². The zero-order chi connectivity index (χ0) is 17.2. The lowest BCUT2D eigenvalue weighted by molar-refractivity contribution is -0.157. The fourth-order valence-corrected chi connectivity index (χ4v) is 1.87. The highest BCUT2D eigenvalue weighted by Gasteiger charge is 2.31. The fraction of sp³-hybridized carbons (Fsp3) is 0.882. The standard InChI is InChI=1S/C17H32O5/c1-7-8-9-11-21-15(19)16(2,3)10-12-22-17(4,5)13-14(18)20-6/h7-13H2,1-6H3. The molecule has 0 saturated carbocycles. The molecule has 0 aromatic carbocycles. The third-order valence-corrected chi connectivity index (χ3v) is 3.55. The molecule has 0 aromatic heterocycles. The molecule has 0 aliphatic heterocycles. The predicted octanol–water partition coefficient (Wildman–Crippen LogP) is 3.49. The Labute approximate surface area is 134 Å². The molecule has 0 spiro atoms. The molecule has 0 saturated heterocycles. The van der Waals surface area contributed by atoms with Gasteiger partial charge in [-0.1, -0.05) is 19.8 Å². The highest BCUT2D eigenvalue weighted by Crippen LogP contribution is 2.25. The van der Waals surface area contributed by atoms with Crippen molar-refractivity contribution in [3.8, 4) is 0 Å². The molecule has 0 aliphatic carbocycles. The maximum atomic E-state index is 12.1. The molecule has 0 aliphatic rings. The van der Waals surface area contributed by atoms with Crippen molar-refractivity contribution in [1.29, 1.82) is 0 Å². The molecule has 0 atom stereocenters. The van der Waals surface area contributed by atoms with Crippen molar-refractivity contribution in [2.75, 3.05) is 20.3 Å². The van der Waals surface area contributed by atoms with E-state index >= 15 is 0 Å². The third-order valence-electron chi connectivity index (χ3n) is 3.55. The van der Waals surface area contributed by atoms with Crippen LogP contribution in [-0.2, 0) is 23.8 Å². The SMILES string of the molecule is CCCCCOC(=O)C(C)(C)CCOC(C)(C)CC(=O)OC. The molecule has 130 valence electrons. The van der Waals surface area contributed by atoms with E-state index in [0.29, 0.717) is 19.6 Å². The highest BCUT2D eigenvalue weighted by molar-refractivity contribution is 5.75. The van der Waals surface area contributed by atoms with E-state index in [9.17, 15) is 9.59 Å². The average Bonchev–Trinajstić information content (AvgIpc) is 2.42. The summed E-state index contributed by atoms with van der Waals surface area (Å²) < 4.78 is 15.7. The lowest BCUT2D eigenvalue weighted by Gasteiger charge is -2.27. The van der Waals surface area contributed by atoms with Crippen molar-refractivity contribution in [3.05, 3.63) is 0 Å². The molecule has 0 heterocycles. The second kappa shape index (κ2) is 9.82. The Kier molecular flexibility index (Phi) is 9.33. The van der Waals surface area contributed by atoms with Gasteiger partial charge in [0.05, 0.1) is 31.2 Å². The normalized spacial score (nSPS) is 12.1. The van der Waals surface area contributed by atoms with Gasteiger partial charge in [-0.3, -0.25) is 9.59 Å². The molecule has 0 radical (unpaired) electrons. The van der Waals surface area contributed by atoms with Crippen LogP contribution in [0.4, 0.5) is 0 Å². The van der Waals surface area contributed by atoms with E-state index in [1.54, 1.807) is 0 Å². The summed E-state index contributed by atoms with van der Waals surface area (Å²) in [6.07, 6.45) is 3.80. The lowest BCUT2D eigenvalue weighted by atomic mass is 9.90. The summed E-state index contributed by atoms with van der Waals surface area (Å²) in [6.45, 7) is 10.3. The van der Waals surface area contributed by atoms with Crippen LogP contribution < -0.4 is 0 Å². The summed E-state index contributed by atoms with van der Waals surface area (Å²) >= 11 is 0. The van der Waals surface area contributed by atoms with Crippen LogP contribution in [0.5, 0.6) is 0 Å². The number of methoxy groups -OCH3 is 1. The first-order chi connectivity index (χ1) is 10.1. The Hall–Kier alpha value is -1.10. The summed E-state index contributed by atoms with van der Waals surface area (Å²) in [5, 5.41) is 0. The van der Waals surface area contributed by atoms with Crippen LogP contribution in [0.15, 0.2) is 0 Å². The second-order valence-electron chi connectivity index (χ2n) is 6.84. The van der Waals surface area contributed by atoms with Crippen LogP contribution in [0.2, 0.25) is 0 Å². The maximum Gasteiger partial charge on any atom is 0.311 e. The first-order valence-corrected chi connectivity index (χ1v) is 8.02. The summed E-state index contributed by atoms with van der Waals surface area (Å²) in [4.78, 5) is 23.3. The minimum absolute atomic E-state index is 0.186. The van der Waals surface area contributed by atoms with Gasteiger partial charge in [0, 0.05) is 6.61 Å². The molecule has 0 aromatic rings. The van der Waals surface area contributed by atoms with Gasteiger partial charge in [0.25, 0.3) is 0 Å². The molecule has 0 N–H and O–H groups in total. The number of hydrogen-bond donors (Lipinski definition) is 0. The maximum absolute atomic E-state index is 12.1. The minimum atomic E-state index is -0.603. The average molecular weight is 316 g/mol. The zero-order valence-corrected chi connectivity index (χ0v) is 15.0. The van der Waals surface area contributed by atoms with E-state index in [0.717, 1.165) is 19.3 Å². The highest BCUT2D eigenvalue weighted by atomic mass is 16.5. The Morgan fingerprint density at radius 1 is 1.00 bits per heavy atom. The van der Waals surface area contributed by atoms with E-state index in [2.05, 4.69) is 11.7 Å². The molecule has 0 unspecified atom stereocenters. The van der Waals surface area contributed by atoms with E-state index in [1.165, 1.54) is 7.11 Å². The van der Waals surface area contributed by atoms with Crippen molar-refractivity contribution in [2.45, 2.75) is 72.3 Å². The topological polar surface area (TPSA) is 61.8 Å². The number of carbonyl (C=O) groups is 2. The van der Waals surface area contributed by atoms with Crippen LogP contribution in [0.25, 0.3) is 0 Å². The van der Waals surface area contributed by atoms with Crippen LogP contribution in [-0.4, -0.2) is 37.9 Å². The minimum Gasteiger partial charge on any atom is -0.469 e. The fourth-order valence-electron chi connectivity index (χ4n) is 1.87. The molecular formula is C17H32O5. The molecule has 5 heteroatoms. The number of hydrogen-bond acceptors (Lipinski definition) is 5. The Bertz CT molecular complexity index is 347. The Balaban J connectivity index is 4.14. The van der Waals surface area contributed by atoms with Gasteiger partial charge < -0.3 is 14.2 Å². The van der Waals surface area contributed by atoms with Crippen LogP contribution >= 0.6 is 0 Å². The first-order valence-electron chi connectivity index (χ1n) is 8.02. The molecule has 0 bridgehead atoms. The monoisotopic (exact) mass is 316 g/mol.